The maximum Gasteiger partial charge on any atom is 0.257 e. The number of rotatable bonds is 5. The highest BCUT2D eigenvalue weighted by Gasteiger charge is 2.29. The number of amides is 2. The first-order valence-electron chi connectivity index (χ1n) is 11.8. The Morgan fingerprint density at radius 2 is 1.91 bits per heavy atom. The summed E-state index contributed by atoms with van der Waals surface area (Å²) >= 11 is 0. The highest BCUT2D eigenvalue weighted by molar-refractivity contribution is 6.04. The van der Waals surface area contributed by atoms with Gasteiger partial charge < -0.3 is 15.0 Å². The van der Waals surface area contributed by atoms with Crippen LogP contribution in [0.2, 0.25) is 0 Å². The Balaban J connectivity index is 1.36. The van der Waals surface area contributed by atoms with E-state index in [9.17, 15) is 14.9 Å². The van der Waals surface area contributed by atoms with Crippen LogP contribution in [0, 0.1) is 31.1 Å². The molecule has 0 aliphatic carbocycles. The minimum atomic E-state index is -0.288. The number of carbonyl (C=O) groups excluding carboxylic acids is 2. The summed E-state index contributed by atoms with van der Waals surface area (Å²) in [7, 11) is 0. The van der Waals surface area contributed by atoms with Crippen molar-refractivity contribution < 1.29 is 14.3 Å². The van der Waals surface area contributed by atoms with E-state index >= 15 is 0 Å². The van der Waals surface area contributed by atoms with Gasteiger partial charge in [-0.1, -0.05) is 12.1 Å². The van der Waals surface area contributed by atoms with E-state index in [1.54, 1.807) is 13.0 Å². The van der Waals surface area contributed by atoms with E-state index in [1.165, 1.54) is 6.20 Å². The summed E-state index contributed by atoms with van der Waals surface area (Å²) in [5.41, 5.74) is 4.26. The van der Waals surface area contributed by atoms with Gasteiger partial charge in [-0.15, -0.1) is 0 Å². The number of benzene rings is 1. The molecule has 1 aromatic heterocycles. The molecule has 0 saturated carbocycles. The molecule has 4 rings (SSSR count). The molecule has 0 radical (unpaired) electrons. The molecule has 2 aliphatic rings. The summed E-state index contributed by atoms with van der Waals surface area (Å²) in [5, 5.41) is 12.2. The number of piperazine rings is 1. The normalized spacial score (nSPS) is 17.3. The average molecular weight is 462 g/mol. The maximum absolute atomic E-state index is 12.8. The van der Waals surface area contributed by atoms with Gasteiger partial charge in [-0.25, -0.2) is 0 Å². The van der Waals surface area contributed by atoms with Gasteiger partial charge in [-0.2, -0.15) is 5.26 Å². The number of aryl methyl sites for hydroxylation is 1. The van der Waals surface area contributed by atoms with Crippen LogP contribution in [0.25, 0.3) is 0 Å². The lowest BCUT2D eigenvalue weighted by Crippen LogP contribution is -2.50. The van der Waals surface area contributed by atoms with E-state index in [1.807, 2.05) is 24.0 Å². The molecule has 2 fully saturated rings. The van der Waals surface area contributed by atoms with Gasteiger partial charge in [-0.3, -0.25) is 19.5 Å². The monoisotopic (exact) mass is 461 g/mol. The molecule has 2 aromatic rings. The molecule has 0 atom stereocenters. The molecule has 8 heteroatoms. The van der Waals surface area contributed by atoms with Crippen LogP contribution in [0.4, 0.5) is 5.69 Å². The molecule has 1 N–H and O–H groups in total. The van der Waals surface area contributed by atoms with Crippen LogP contribution in [0.5, 0.6) is 0 Å². The number of nitriles is 1. The lowest BCUT2D eigenvalue weighted by atomic mass is 9.98. The number of aromatic nitrogens is 1. The largest absolute Gasteiger partial charge is 0.381 e. The molecule has 2 amide bonds. The molecule has 2 saturated heterocycles. The van der Waals surface area contributed by atoms with E-state index in [4.69, 9.17) is 4.74 Å². The van der Waals surface area contributed by atoms with Crippen LogP contribution in [0.3, 0.4) is 0 Å². The van der Waals surface area contributed by atoms with Gasteiger partial charge in [-0.05, 0) is 49.9 Å². The summed E-state index contributed by atoms with van der Waals surface area (Å²) in [6, 6.07) is 9.54. The predicted octanol–water partition coefficient (Wildman–Crippen LogP) is 2.89. The third-order valence-electron chi connectivity index (χ3n) is 6.81. The highest BCUT2D eigenvalue weighted by atomic mass is 16.5. The van der Waals surface area contributed by atoms with Crippen molar-refractivity contribution in [3.63, 3.8) is 0 Å². The number of hydrogen-bond acceptors (Lipinski definition) is 6. The van der Waals surface area contributed by atoms with Gasteiger partial charge in [0.15, 0.2) is 0 Å². The lowest BCUT2D eigenvalue weighted by Gasteiger charge is -2.37. The first-order valence-corrected chi connectivity index (χ1v) is 11.8. The molecule has 0 bridgehead atoms. The van der Waals surface area contributed by atoms with Crippen LogP contribution in [-0.2, 0) is 16.1 Å². The fourth-order valence-electron chi connectivity index (χ4n) is 4.53. The second kappa shape index (κ2) is 10.8. The molecule has 0 spiro atoms. The third-order valence-corrected chi connectivity index (χ3v) is 6.81. The van der Waals surface area contributed by atoms with Crippen molar-refractivity contribution in [3.05, 3.63) is 58.4 Å². The fraction of sp³-hybridized carbons (Fsp3) is 0.462. The zero-order valence-corrected chi connectivity index (χ0v) is 19.8. The number of nitrogens with zero attached hydrogens (tertiary/aromatic N) is 4. The van der Waals surface area contributed by atoms with E-state index in [0.717, 1.165) is 62.4 Å². The molecule has 34 heavy (non-hydrogen) atoms. The van der Waals surface area contributed by atoms with Crippen molar-refractivity contribution in [2.24, 2.45) is 5.92 Å². The van der Waals surface area contributed by atoms with Crippen molar-refractivity contribution >= 4 is 17.5 Å². The van der Waals surface area contributed by atoms with Crippen LogP contribution in [0.1, 0.15) is 45.6 Å². The minimum absolute atomic E-state index is 0.107. The Morgan fingerprint density at radius 1 is 1.18 bits per heavy atom. The SMILES string of the molecule is Cc1ncc(C(=O)Nc2cccc(CN3CCN(C(=O)C4CCOCC4)CC3)c2C)cc1C#N. The van der Waals surface area contributed by atoms with Gasteiger partial charge in [0.1, 0.15) is 6.07 Å². The second-order valence-electron chi connectivity index (χ2n) is 9.00. The molecule has 8 nitrogen and oxygen atoms in total. The lowest BCUT2D eigenvalue weighted by molar-refractivity contribution is -0.140. The van der Waals surface area contributed by atoms with Crippen molar-refractivity contribution in [1.82, 2.24) is 14.8 Å². The summed E-state index contributed by atoms with van der Waals surface area (Å²) < 4.78 is 5.38. The van der Waals surface area contributed by atoms with Gasteiger partial charge in [0, 0.05) is 63.7 Å². The van der Waals surface area contributed by atoms with Gasteiger partial charge in [0.05, 0.1) is 16.8 Å². The second-order valence-corrected chi connectivity index (χ2v) is 9.00. The molecule has 178 valence electrons. The van der Waals surface area contributed by atoms with Crippen LogP contribution in [0.15, 0.2) is 30.5 Å². The van der Waals surface area contributed by atoms with Gasteiger partial charge in [0.25, 0.3) is 5.91 Å². The van der Waals surface area contributed by atoms with E-state index in [2.05, 4.69) is 27.3 Å². The molecular formula is C26H31N5O3. The van der Waals surface area contributed by atoms with E-state index < -0.39 is 0 Å². The Labute approximate surface area is 200 Å². The van der Waals surface area contributed by atoms with Gasteiger partial charge >= 0.3 is 0 Å². The zero-order valence-electron chi connectivity index (χ0n) is 19.8. The van der Waals surface area contributed by atoms with E-state index in [-0.39, 0.29) is 17.7 Å². The smallest absolute Gasteiger partial charge is 0.257 e. The van der Waals surface area contributed by atoms with Gasteiger partial charge in [0.2, 0.25) is 5.91 Å². The highest BCUT2D eigenvalue weighted by Crippen LogP contribution is 2.23. The van der Waals surface area contributed by atoms with Crippen molar-refractivity contribution in [2.75, 3.05) is 44.7 Å². The average Bonchev–Trinajstić information content (AvgIpc) is 2.87. The quantitative estimate of drug-likeness (QED) is 0.735. The maximum atomic E-state index is 12.8. The summed E-state index contributed by atoms with van der Waals surface area (Å²) in [6.07, 6.45) is 3.15. The topological polar surface area (TPSA) is 98.6 Å². The van der Waals surface area contributed by atoms with Crippen LogP contribution < -0.4 is 5.32 Å². The number of nitrogens with one attached hydrogen (secondary N) is 1. The van der Waals surface area contributed by atoms with Crippen molar-refractivity contribution in [3.8, 4) is 6.07 Å². The molecule has 0 unspecified atom stereocenters. The number of ether oxygens (including phenoxy) is 1. The molecule has 2 aliphatic heterocycles. The summed E-state index contributed by atoms with van der Waals surface area (Å²) in [4.78, 5) is 34.1. The first kappa shape index (κ1) is 23.9. The summed E-state index contributed by atoms with van der Waals surface area (Å²) in [6.45, 7) is 9.03. The molecule has 3 heterocycles. The fourth-order valence-corrected chi connectivity index (χ4v) is 4.53. The molecular weight excluding hydrogens is 430 g/mol. The first-order chi connectivity index (χ1) is 16.5. The van der Waals surface area contributed by atoms with Crippen LogP contribution >= 0.6 is 0 Å². The number of pyridine rings is 1. The predicted molar refractivity (Wildman–Crippen MR) is 128 cm³/mol. The van der Waals surface area contributed by atoms with Crippen LogP contribution in [-0.4, -0.2) is 66.0 Å². The van der Waals surface area contributed by atoms with Crippen molar-refractivity contribution in [2.45, 2.75) is 33.2 Å². The van der Waals surface area contributed by atoms with Crippen molar-refractivity contribution in [1.29, 1.82) is 5.26 Å². The third kappa shape index (κ3) is 5.44. The molecule has 1 aromatic carbocycles. The number of carbonyl (C=O) groups is 2. The Hall–Kier alpha value is -3.28. The zero-order chi connectivity index (χ0) is 24.1. The number of anilines is 1. The Morgan fingerprint density at radius 3 is 2.62 bits per heavy atom. The van der Waals surface area contributed by atoms with E-state index in [0.29, 0.717) is 30.0 Å². The Kier molecular flexibility index (Phi) is 7.56. The number of hydrogen-bond donors (Lipinski definition) is 1. The summed E-state index contributed by atoms with van der Waals surface area (Å²) in [5.74, 6) is 0.0919. The standard InChI is InChI=1S/C26H31N5O3/c1-18-21(17-30-8-10-31(11-9-30)26(33)20-6-12-34-13-7-20)4-3-5-24(18)29-25(32)23-14-22(15-27)19(2)28-16-23/h3-5,14,16,20H,6-13,17H2,1-2H3,(H,29,32). The Bertz CT molecular complexity index is 1100. The minimum Gasteiger partial charge on any atom is -0.381 e.